The number of hydrogen-bond acceptors (Lipinski definition) is 4. The monoisotopic (exact) mass is 278 g/mol. The van der Waals surface area contributed by atoms with E-state index in [2.05, 4.69) is 12.2 Å². The summed E-state index contributed by atoms with van der Waals surface area (Å²) < 4.78 is 11.2. The number of nitrogens with two attached hydrogens (primary N) is 1. The minimum atomic E-state index is -0.353. The Bertz CT molecular complexity index is 433. The summed E-state index contributed by atoms with van der Waals surface area (Å²) in [6.45, 7) is 3.25. The molecule has 1 saturated heterocycles. The lowest BCUT2D eigenvalue weighted by atomic mass is 10.2. The van der Waals surface area contributed by atoms with Gasteiger partial charge in [-0.2, -0.15) is 0 Å². The van der Waals surface area contributed by atoms with E-state index in [0.29, 0.717) is 18.8 Å². The SMILES string of the molecule is CC1CCC(CNc2ccc(OCCC(N)=O)cc2)O1. The average Bonchev–Trinajstić information content (AvgIpc) is 2.83. The third-order valence-corrected chi connectivity index (χ3v) is 3.33. The number of nitrogens with one attached hydrogen (secondary N) is 1. The Morgan fingerprint density at radius 3 is 2.75 bits per heavy atom. The molecule has 2 atom stereocenters. The molecular formula is C15H22N2O3. The van der Waals surface area contributed by atoms with Crippen LogP contribution in [-0.2, 0) is 9.53 Å². The summed E-state index contributed by atoms with van der Waals surface area (Å²) in [5.41, 5.74) is 6.09. The number of rotatable bonds is 7. The minimum Gasteiger partial charge on any atom is -0.493 e. The fourth-order valence-corrected chi connectivity index (χ4v) is 2.21. The lowest BCUT2D eigenvalue weighted by Gasteiger charge is -2.13. The van der Waals surface area contributed by atoms with Crippen LogP contribution in [0.4, 0.5) is 5.69 Å². The van der Waals surface area contributed by atoms with Crippen molar-refractivity contribution in [2.24, 2.45) is 5.73 Å². The van der Waals surface area contributed by atoms with Crippen molar-refractivity contribution in [3.8, 4) is 5.75 Å². The van der Waals surface area contributed by atoms with E-state index >= 15 is 0 Å². The van der Waals surface area contributed by atoms with Gasteiger partial charge in [0.05, 0.1) is 25.2 Å². The molecule has 1 aliphatic rings. The van der Waals surface area contributed by atoms with Crippen molar-refractivity contribution in [1.29, 1.82) is 0 Å². The van der Waals surface area contributed by atoms with Gasteiger partial charge in [0.1, 0.15) is 5.75 Å². The molecule has 5 nitrogen and oxygen atoms in total. The molecule has 1 aromatic rings. The van der Waals surface area contributed by atoms with Crippen LogP contribution in [0.2, 0.25) is 0 Å². The van der Waals surface area contributed by atoms with E-state index in [1.54, 1.807) is 0 Å². The first kappa shape index (κ1) is 14.7. The fourth-order valence-electron chi connectivity index (χ4n) is 2.21. The number of ether oxygens (including phenoxy) is 2. The first-order valence-corrected chi connectivity index (χ1v) is 7.04. The van der Waals surface area contributed by atoms with Crippen LogP contribution in [0.5, 0.6) is 5.75 Å². The molecule has 110 valence electrons. The highest BCUT2D eigenvalue weighted by molar-refractivity contribution is 5.73. The van der Waals surface area contributed by atoms with Crippen LogP contribution in [0.1, 0.15) is 26.2 Å². The van der Waals surface area contributed by atoms with Crippen LogP contribution in [0.25, 0.3) is 0 Å². The second kappa shape index (κ2) is 7.14. The van der Waals surface area contributed by atoms with Crippen molar-refractivity contribution in [3.05, 3.63) is 24.3 Å². The minimum absolute atomic E-state index is 0.233. The largest absolute Gasteiger partial charge is 0.493 e. The number of carbonyl (C=O) groups is 1. The Morgan fingerprint density at radius 1 is 1.40 bits per heavy atom. The van der Waals surface area contributed by atoms with Crippen molar-refractivity contribution in [3.63, 3.8) is 0 Å². The maximum Gasteiger partial charge on any atom is 0.220 e. The second-order valence-corrected chi connectivity index (χ2v) is 5.12. The van der Waals surface area contributed by atoms with E-state index in [4.69, 9.17) is 15.2 Å². The normalized spacial score (nSPS) is 21.6. The molecule has 0 aromatic heterocycles. The topological polar surface area (TPSA) is 73.6 Å². The van der Waals surface area contributed by atoms with E-state index in [0.717, 1.165) is 30.8 Å². The number of primary amides is 1. The van der Waals surface area contributed by atoms with Gasteiger partial charge in [-0.1, -0.05) is 0 Å². The number of benzene rings is 1. The number of carbonyl (C=O) groups excluding carboxylic acids is 1. The highest BCUT2D eigenvalue weighted by Gasteiger charge is 2.21. The number of anilines is 1. The molecule has 0 spiro atoms. The van der Waals surface area contributed by atoms with Gasteiger partial charge in [0.15, 0.2) is 0 Å². The van der Waals surface area contributed by atoms with E-state index < -0.39 is 0 Å². The predicted molar refractivity (Wildman–Crippen MR) is 77.8 cm³/mol. The molecule has 0 radical (unpaired) electrons. The van der Waals surface area contributed by atoms with Crippen molar-refractivity contribution in [2.75, 3.05) is 18.5 Å². The van der Waals surface area contributed by atoms with E-state index in [1.807, 2.05) is 24.3 Å². The van der Waals surface area contributed by atoms with Gasteiger partial charge >= 0.3 is 0 Å². The maximum atomic E-state index is 10.6. The smallest absolute Gasteiger partial charge is 0.220 e. The van der Waals surface area contributed by atoms with Crippen LogP contribution >= 0.6 is 0 Å². The van der Waals surface area contributed by atoms with Crippen LogP contribution in [-0.4, -0.2) is 31.3 Å². The molecule has 2 rings (SSSR count). The van der Waals surface area contributed by atoms with E-state index in [-0.39, 0.29) is 12.3 Å². The molecule has 0 saturated carbocycles. The first-order chi connectivity index (χ1) is 9.63. The van der Waals surface area contributed by atoms with Gasteiger partial charge in [-0.05, 0) is 44.0 Å². The zero-order valence-corrected chi connectivity index (χ0v) is 11.8. The highest BCUT2D eigenvalue weighted by atomic mass is 16.5. The quantitative estimate of drug-likeness (QED) is 0.799. The van der Waals surface area contributed by atoms with Gasteiger partial charge in [-0.15, -0.1) is 0 Å². The summed E-state index contributed by atoms with van der Waals surface area (Å²) in [7, 11) is 0. The Balaban J connectivity index is 1.72. The van der Waals surface area contributed by atoms with Crippen molar-refractivity contribution < 1.29 is 14.3 Å². The van der Waals surface area contributed by atoms with Gasteiger partial charge in [0.25, 0.3) is 0 Å². The molecule has 1 heterocycles. The van der Waals surface area contributed by atoms with Crippen LogP contribution < -0.4 is 15.8 Å². The summed E-state index contributed by atoms with van der Waals surface area (Å²) >= 11 is 0. The van der Waals surface area contributed by atoms with Gasteiger partial charge in [0.2, 0.25) is 5.91 Å². The fraction of sp³-hybridized carbons (Fsp3) is 0.533. The van der Waals surface area contributed by atoms with Gasteiger partial charge in [0, 0.05) is 12.2 Å². The standard InChI is InChI=1S/C15H22N2O3/c1-11-2-5-14(20-11)10-17-12-3-6-13(7-4-12)19-9-8-15(16)18/h3-4,6-7,11,14,17H,2,5,8-10H2,1H3,(H2,16,18). The molecule has 3 N–H and O–H groups in total. The van der Waals surface area contributed by atoms with Gasteiger partial charge < -0.3 is 20.5 Å². The summed E-state index contributed by atoms with van der Waals surface area (Å²) in [5.74, 6) is 0.386. The number of hydrogen-bond donors (Lipinski definition) is 2. The maximum absolute atomic E-state index is 10.6. The third-order valence-electron chi connectivity index (χ3n) is 3.33. The van der Waals surface area contributed by atoms with Crippen LogP contribution in [0, 0.1) is 0 Å². The zero-order valence-electron chi connectivity index (χ0n) is 11.8. The predicted octanol–water partition coefficient (Wildman–Crippen LogP) is 1.92. The van der Waals surface area contributed by atoms with Crippen molar-refractivity contribution in [2.45, 2.75) is 38.4 Å². The molecule has 0 bridgehead atoms. The molecule has 1 amide bonds. The summed E-state index contributed by atoms with van der Waals surface area (Å²) in [6, 6.07) is 7.67. The highest BCUT2D eigenvalue weighted by Crippen LogP contribution is 2.20. The second-order valence-electron chi connectivity index (χ2n) is 5.12. The van der Waals surface area contributed by atoms with Gasteiger partial charge in [-0.3, -0.25) is 4.79 Å². The van der Waals surface area contributed by atoms with Gasteiger partial charge in [-0.25, -0.2) is 0 Å². The number of amides is 1. The molecular weight excluding hydrogens is 256 g/mol. The molecule has 1 aliphatic heterocycles. The Kier molecular flexibility index (Phi) is 5.24. The van der Waals surface area contributed by atoms with Crippen molar-refractivity contribution >= 4 is 11.6 Å². The first-order valence-electron chi connectivity index (χ1n) is 7.04. The summed E-state index contributed by atoms with van der Waals surface area (Å²) in [6.07, 6.45) is 3.16. The van der Waals surface area contributed by atoms with Crippen LogP contribution in [0.3, 0.4) is 0 Å². The molecule has 20 heavy (non-hydrogen) atoms. The molecule has 2 unspecified atom stereocenters. The van der Waals surface area contributed by atoms with E-state index in [9.17, 15) is 4.79 Å². The third kappa shape index (κ3) is 4.74. The molecule has 1 fully saturated rings. The molecule has 0 aliphatic carbocycles. The molecule has 5 heteroatoms. The Hall–Kier alpha value is -1.75. The van der Waals surface area contributed by atoms with Crippen molar-refractivity contribution in [1.82, 2.24) is 0 Å². The average molecular weight is 278 g/mol. The Morgan fingerprint density at radius 2 is 2.15 bits per heavy atom. The van der Waals surface area contributed by atoms with Crippen LogP contribution in [0.15, 0.2) is 24.3 Å². The zero-order chi connectivity index (χ0) is 14.4. The Labute approximate surface area is 119 Å². The molecule has 1 aromatic carbocycles. The lowest BCUT2D eigenvalue weighted by Crippen LogP contribution is -2.19. The summed E-state index contributed by atoms with van der Waals surface area (Å²) in [4.78, 5) is 10.6. The lowest BCUT2D eigenvalue weighted by molar-refractivity contribution is -0.118. The summed E-state index contributed by atoms with van der Waals surface area (Å²) in [5, 5.41) is 3.35. The van der Waals surface area contributed by atoms with E-state index in [1.165, 1.54) is 0 Å².